The number of aromatic carboxylic acids is 1. The molecule has 124 valence electrons. The van der Waals surface area contributed by atoms with Gasteiger partial charge in [0.25, 0.3) is 5.91 Å². The number of benzene rings is 2. The van der Waals surface area contributed by atoms with E-state index in [0.29, 0.717) is 16.9 Å². The van der Waals surface area contributed by atoms with E-state index in [-0.39, 0.29) is 24.0 Å². The fourth-order valence-corrected chi connectivity index (χ4v) is 1.97. The van der Waals surface area contributed by atoms with Crippen LogP contribution in [-0.4, -0.2) is 36.6 Å². The molecule has 2 aromatic carbocycles. The van der Waals surface area contributed by atoms with E-state index in [9.17, 15) is 14.4 Å². The largest absolute Gasteiger partial charge is 0.478 e. The molecule has 2 amide bonds. The first-order valence-corrected chi connectivity index (χ1v) is 7.03. The first-order valence-electron chi connectivity index (χ1n) is 7.03. The van der Waals surface area contributed by atoms with Crippen molar-refractivity contribution in [2.24, 2.45) is 0 Å². The molecule has 0 saturated heterocycles. The summed E-state index contributed by atoms with van der Waals surface area (Å²) in [5.41, 5.74) is 1.44. The third-order valence-electron chi connectivity index (χ3n) is 3.07. The molecule has 0 heterocycles. The molecule has 3 N–H and O–H groups in total. The summed E-state index contributed by atoms with van der Waals surface area (Å²) >= 11 is 0. The summed E-state index contributed by atoms with van der Waals surface area (Å²) in [5.74, 6) is -1.73. The van der Waals surface area contributed by atoms with Crippen LogP contribution < -0.4 is 10.6 Å². The SMILES string of the molecule is COCC(=O)Nc1cccc(C(=O)Nc2ccc(C(=O)O)cc2)c1. The molecule has 0 aliphatic heterocycles. The van der Waals surface area contributed by atoms with E-state index in [2.05, 4.69) is 10.6 Å². The number of hydrogen-bond acceptors (Lipinski definition) is 4. The highest BCUT2D eigenvalue weighted by molar-refractivity contribution is 6.05. The van der Waals surface area contributed by atoms with Gasteiger partial charge in [0, 0.05) is 24.0 Å². The van der Waals surface area contributed by atoms with Gasteiger partial charge in [-0.3, -0.25) is 9.59 Å². The van der Waals surface area contributed by atoms with Gasteiger partial charge in [-0.2, -0.15) is 0 Å². The molecule has 0 aliphatic rings. The van der Waals surface area contributed by atoms with Crippen LogP contribution in [0.5, 0.6) is 0 Å². The Hall–Kier alpha value is -3.19. The third-order valence-corrected chi connectivity index (χ3v) is 3.07. The van der Waals surface area contributed by atoms with E-state index < -0.39 is 5.97 Å². The zero-order chi connectivity index (χ0) is 17.5. The van der Waals surface area contributed by atoms with Gasteiger partial charge in [-0.25, -0.2) is 4.79 Å². The van der Waals surface area contributed by atoms with Gasteiger partial charge in [-0.15, -0.1) is 0 Å². The minimum Gasteiger partial charge on any atom is -0.478 e. The Labute approximate surface area is 138 Å². The van der Waals surface area contributed by atoms with Gasteiger partial charge in [0.1, 0.15) is 6.61 Å². The van der Waals surface area contributed by atoms with E-state index in [4.69, 9.17) is 9.84 Å². The van der Waals surface area contributed by atoms with Gasteiger partial charge in [0.2, 0.25) is 5.91 Å². The molecule has 0 bridgehead atoms. The number of hydrogen-bond donors (Lipinski definition) is 3. The molecule has 7 heteroatoms. The normalized spacial score (nSPS) is 10.0. The van der Waals surface area contributed by atoms with Crippen molar-refractivity contribution in [2.45, 2.75) is 0 Å². The summed E-state index contributed by atoms with van der Waals surface area (Å²) in [6.07, 6.45) is 0. The Morgan fingerprint density at radius 2 is 1.67 bits per heavy atom. The zero-order valence-corrected chi connectivity index (χ0v) is 12.9. The molecule has 0 unspecified atom stereocenters. The number of methoxy groups -OCH3 is 1. The first-order chi connectivity index (χ1) is 11.5. The number of carbonyl (C=O) groups excluding carboxylic acids is 2. The minimum absolute atomic E-state index is 0.0770. The van der Waals surface area contributed by atoms with Gasteiger partial charge >= 0.3 is 5.97 Å². The predicted octanol–water partition coefficient (Wildman–Crippen LogP) is 2.22. The number of amides is 2. The third kappa shape index (κ3) is 4.65. The smallest absolute Gasteiger partial charge is 0.335 e. The van der Waals surface area contributed by atoms with E-state index >= 15 is 0 Å². The number of ether oxygens (including phenoxy) is 1. The average molecular weight is 328 g/mol. The van der Waals surface area contributed by atoms with Crippen molar-refractivity contribution >= 4 is 29.2 Å². The van der Waals surface area contributed by atoms with E-state index in [0.717, 1.165) is 0 Å². The monoisotopic (exact) mass is 328 g/mol. The highest BCUT2D eigenvalue weighted by Gasteiger charge is 2.09. The van der Waals surface area contributed by atoms with Crippen LogP contribution >= 0.6 is 0 Å². The Morgan fingerprint density at radius 1 is 0.958 bits per heavy atom. The Balaban J connectivity index is 2.06. The lowest BCUT2D eigenvalue weighted by atomic mass is 10.1. The van der Waals surface area contributed by atoms with Crippen molar-refractivity contribution in [3.63, 3.8) is 0 Å². The molecule has 0 fully saturated rings. The first kappa shape index (κ1) is 17.2. The van der Waals surface area contributed by atoms with E-state index in [1.807, 2.05) is 0 Å². The lowest BCUT2D eigenvalue weighted by molar-refractivity contribution is -0.119. The molecule has 0 saturated carbocycles. The van der Waals surface area contributed by atoms with Gasteiger partial charge in [0.05, 0.1) is 5.56 Å². The Morgan fingerprint density at radius 3 is 2.29 bits per heavy atom. The van der Waals surface area contributed by atoms with Crippen LogP contribution in [0.25, 0.3) is 0 Å². The predicted molar refractivity (Wildman–Crippen MR) is 88.3 cm³/mol. The summed E-state index contributed by atoms with van der Waals surface area (Å²) in [6, 6.07) is 12.3. The summed E-state index contributed by atoms with van der Waals surface area (Å²) < 4.78 is 4.73. The standard InChI is InChI=1S/C17H16N2O5/c1-24-10-15(20)18-14-4-2-3-12(9-14)16(21)19-13-7-5-11(6-8-13)17(22)23/h2-9H,10H2,1H3,(H,18,20)(H,19,21)(H,22,23). The zero-order valence-electron chi connectivity index (χ0n) is 12.9. The Kier molecular flexibility index (Phi) is 5.64. The van der Waals surface area contributed by atoms with Crippen LogP contribution in [0.4, 0.5) is 11.4 Å². The van der Waals surface area contributed by atoms with Crippen LogP contribution in [0.2, 0.25) is 0 Å². The topological polar surface area (TPSA) is 105 Å². The second-order valence-corrected chi connectivity index (χ2v) is 4.90. The molecule has 24 heavy (non-hydrogen) atoms. The lowest BCUT2D eigenvalue weighted by Gasteiger charge is -2.08. The molecular weight excluding hydrogens is 312 g/mol. The van der Waals surface area contributed by atoms with Crippen molar-refractivity contribution in [3.8, 4) is 0 Å². The average Bonchev–Trinajstić information content (AvgIpc) is 2.55. The van der Waals surface area contributed by atoms with Crippen molar-refractivity contribution in [2.75, 3.05) is 24.4 Å². The summed E-state index contributed by atoms with van der Waals surface area (Å²) in [4.78, 5) is 34.5. The summed E-state index contributed by atoms with van der Waals surface area (Å²) in [5, 5.41) is 14.1. The second kappa shape index (κ2) is 7.89. The summed E-state index contributed by atoms with van der Waals surface area (Å²) in [6.45, 7) is -0.0770. The van der Waals surface area contributed by atoms with Gasteiger partial charge < -0.3 is 20.5 Å². The van der Waals surface area contributed by atoms with Crippen molar-refractivity contribution < 1.29 is 24.2 Å². The molecule has 2 rings (SSSR count). The number of nitrogens with one attached hydrogen (secondary N) is 2. The second-order valence-electron chi connectivity index (χ2n) is 4.90. The van der Waals surface area contributed by atoms with Gasteiger partial charge in [0.15, 0.2) is 0 Å². The maximum absolute atomic E-state index is 12.2. The van der Waals surface area contributed by atoms with Gasteiger partial charge in [-0.1, -0.05) is 6.07 Å². The van der Waals surface area contributed by atoms with E-state index in [1.165, 1.54) is 37.4 Å². The highest BCUT2D eigenvalue weighted by Crippen LogP contribution is 2.14. The minimum atomic E-state index is -1.03. The van der Waals surface area contributed by atoms with Crippen LogP contribution in [0, 0.1) is 0 Å². The highest BCUT2D eigenvalue weighted by atomic mass is 16.5. The fraction of sp³-hybridized carbons (Fsp3) is 0.118. The number of rotatable bonds is 6. The van der Waals surface area contributed by atoms with Crippen molar-refractivity contribution in [1.82, 2.24) is 0 Å². The molecule has 0 aromatic heterocycles. The van der Waals surface area contributed by atoms with Crippen LogP contribution in [0.3, 0.4) is 0 Å². The molecular formula is C17H16N2O5. The van der Waals surface area contributed by atoms with Crippen LogP contribution in [-0.2, 0) is 9.53 Å². The maximum atomic E-state index is 12.2. The van der Waals surface area contributed by atoms with E-state index in [1.54, 1.807) is 18.2 Å². The van der Waals surface area contributed by atoms with Crippen molar-refractivity contribution in [1.29, 1.82) is 0 Å². The van der Waals surface area contributed by atoms with Crippen molar-refractivity contribution in [3.05, 3.63) is 59.7 Å². The molecule has 0 aliphatic carbocycles. The number of anilines is 2. The molecule has 7 nitrogen and oxygen atoms in total. The number of carbonyl (C=O) groups is 3. The number of carboxylic acid groups (broad SMARTS) is 1. The molecule has 0 spiro atoms. The Bertz CT molecular complexity index is 756. The van der Waals surface area contributed by atoms with Crippen LogP contribution in [0.1, 0.15) is 20.7 Å². The molecule has 2 aromatic rings. The fourth-order valence-electron chi connectivity index (χ4n) is 1.97. The lowest BCUT2D eigenvalue weighted by Crippen LogP contribution is -2.18. The maximum Gasteiger partial charge on any atom is 0.335 e. The van der Waals surface area contributed by atoms with Crippen LogP contribution in [0.15, 0.2) is 48.5 Å². The summed E-state index contributed by atoms with van der Waals surface area (Å²) in [7, 11) is 1.42. The number of carboxylic acids is 1. The molecule has 0 radical (unpaired) electrons. The molecule has 0 atom stereocenters. The van der Waals surface area contributed by atoms with Gasteiger partial charge in [-0.05, 0) is 42.5 Å². The quantitative estimate of drug-likeness (QED) is 0.754.